The number of β-amino-alcohol motifs (C(OH)–C–C–N with tert-alkyl or cyclic N) is 1. The molecule has 2 aliphatic heterocycles. The van der Waals surface area contributed by atoms with E-state index in [1.165, 1.54) is 23.3 Å². The van der Waals surface area contributed by atoms with Gasteiger partial charge in [-0.05, 0) is 35.7 Å². The average molecular weight is 471 g/mol. The molecule has 2 aromatic rings. The Balaban J connectivity index is 1.40. The summed E-state index contributed by atoms with van der Waals surface area (Å²) in [5.74, 6) is -0.840. The molecule has 0 bridgehead atoms. The Morgan fingerprint density at radius 1 is 1.12 bits per heavy atom. The van der Waals surface area contributed by atoms with Crippen molar-refractivity contribution in [3.8, 4) is 0 Å². The molecule has 1 saturated heterocycles. The monoisotopic (exact) mass is 470 g/mol. The summed E-state index contributed by atoms with van der Waals surface area (Å²) in [4.78, 5) is 43.6. The Bertz CT molecular complexity index is 1040. The number of piperazine rings is 1. The molecule has 0 saturated carbocycles. The van der Waals surface area contributed by atoms with Crippen LogP contribution in [0.1, 0.15) is 9.67 Å². The maximum Gasteiger partial charge on any atom is 0.337 e. The molecule has 2 N–H and O–H groups in total. The van der Waals surface area contributed by atoms with Crippen LogP contribution in [0.4, 0.5) is 11.4 Å². The number of hydrogen-bond donors (Lipinski definition) is 2. The highest BCUT2D eigenvalue weighted by Crippen LogP contribution is 2.25. The van der Waals surface area contributed by atoms with Crippen LogP contribution in [-0.2, 0) is 14.3 Å². The number of aliphatic hydroxyl groups is 1. The van der Waals surface area contributed by atoms with Gasteiger partial charge in [0.25, 0.3) is 11.8 Å². The number of aliphatic hydroxyl groups excluding tert-OH is 1. The second kappa shape index (κ2) is 10.1. The third-order valence-corrected chi connectivity index (χ3v) is 6.61. The highest BCUT2D eigenvalue weighted by Gasteiger charge is 2.34. The quantitative estimate of drug-likeness (QED) is 0.590. The van der Waals surface area contributed by atoms with E-state index in [0.717, 1.165) is 23.7 Å². The normalized spacial score (nSPS) is 16.4. The number of carbonyl (C=O) groups excluding carboxylic acids is 3. The number of thiophene rings is 1. The summed E-state index contributed by atoms with van der Waals surface area (Å²) in [6.45, 7) is 2.83. The number of benzene rings is 1. The molecule has 3 heterocycles. The van der Waals surface area contributed by atoms with Crippen LogP contribution in [0.25, 0.3) is 0 Å². The molecule has 0 aliphatic carbocycles. The molecular weight excluding hydrogens is 444 g/mol. The molecule has 1 fully saturated rings. The second-order valence-corrected chi connectivity index (χ2v) is 8.67. The Morgan fingerprint density at radius 2 is 1.85 bits per heavy atom. The number of methoxy groups -OCH3 is 1. The highest BCUT2D eigenvalue weighted by molar-refractivity contribution is 7.12. The minimum atomic E-state index is -0.571. The van der Waals surface area contributed by atoms with Crippen LogP contribution in [-0.4, -0.2) is 85.7 Å². The Morgan fingerprint density at radius 3 is 2.45 bits per heavy atom. The van der Waals surface area contributed by atoms with Crippen molar-refractivity contribution in [3.05, 3.63) is 57.9 Å². The number of amides is 2. The lowest BCUT2D eigenvalue weighted by atomic mass is 10.2. The van der Waals surface area contributed by atoms with E-state index in [1.807, 2.05) is 46.7 Å². The van der Waals surface area contributed by atoms with Gasteiger partial charge in [-0.25, -0.2) is 4.79 Å². The topological polar surface area (TPSA) is 102 Å². The average Bonchev–Trinajstić information content (AvgIpc) is 3.49. The number of carbonyl (C=O) groups is 3. The minimum absolute atomic E-state index is 0.0790. The maximum atomic E-state index is 12.7. The maximum absolute atomic E-state index is 12.7. The summed E-state index contributed by atoms with van der Waals surface area (Å²) in [6.07, 6.45) is 0. The molecule has 1 aromatic carbocycles. The van der Waals surface area contributed by atoms with Crippen molar-refractivity contribution in [2.24, 2.45) is 0 Å². The standard InChI is InChI=1S/C23H26N4O5S/c1-32-23(31)18-15-27(12-13-28)22(30)20(18)24-16-4-6-17(7-5-16)25-8-10-26(11-9-25)21(29)19-3-2-14-33-19/h2-7,14,24,28H,8-13,15H2,1H3. The molecule has 0 spiro atoms. The van der Waals surface area contributed by atoms with Crippen molar-refractivity contribution in [3.63, 3.8) is 0 Å². The number of anilines is 2. The zero-order valence-electron chi connectivity index (χ0n) is 18.3. The first-order valence-corrected chi connectivity index (χ1v) is 11.6. The first-order valence-electron chi connectivity index (χ1n) is 10.7. The number of ether oxygens (including phenoxy) is 1. The fourth-order valence-electron chi connectivity index (χ4n) is 3.97. The van der Waals surface area contributed by atoms with Gasteiger partial charge in [0.2, 0.25) is 0 Å². The molecule has 2 amide bonds. The first-order chi connectivity index (χ1) is 16.0. The second-order valence-electron chi connectivity index (χ2n) is 7.72. The van der Waals surface area contributed by atoms with Gasteiger partial charge in [-0.3, -0.25) is 9.59 Å². The van der Waals surface area contributed by atoms with E-state index < -0.39 is 5.97 Å². The number of hydrogen-bond acceptors (Lipinski definition) is 8. The number of esters is 1. The van der Waals surface area contributed by atoms with Crippen molar-refractivity contribution in [1.82, 2.24) is 9.80 Å². The molecular formula is C23H26N4O5S. The zero-order chi connectivity index (χ0) is 23.4. The summed E-state index contributed by atoms with van der Waals surface area (Å²) < 4.78 is 4.81. The summed E-state index contributed by atoms with van der Waals surface area (Å²) in [5.41, 5.74) is 2.10. The molecule has 0 atom stereocenters. The van der Waals surface area contributed by atoms with E-state index in [9.17, 15) is 19.5 Å². The lowest BCUT2D eigenvalue weighted by Gasteiger charge is -2.36. The van der Waals surface area contributed by atoms with Crippen LogP contribution in [0.5, 0.6) is 0 Å². The van der Waals surface area contributed by atoms with Crippen molar-refractivity contribution in [1.29, 1.82) is 0 Å². The van der Waals surface area contributed by atoms with Crippen molar-refractivity contribution < 1.29 is 24.2 Å². The molecule has 174 valence electrons. The highest BCUT2D eigenvalue weighted by atomic mass is 32.1. The lowest BCUT2D eigenvalue weighted by molar-refractivity contribution is -0.136. The molecule has 33 heavy (non-hydrogen) atoms. The van der Waals surface area contributed by atoms with Gasteiger partial charge in [0.15, 0.2) is 0 Å². The summed E-state index contributed by atoms with van der Waals surface area (Å²) in [6, 6.07) is 11.3. The first kappa shape index (κ1) is 22.8. The van der Waals surface area contributed by atoms with Gasteiger partial charge in [-0.15, -0.1) is 11.3 Å². The summed E-state index contributed by atoms with van der Waals surface area (Å²) in [7, 11) is 1.27. The van der Waals surface area contributed by atoms with Crippen LogP contribution < -0.4 is 10.2 Å². The van der Waals surface area contributed by atoms with Gasteiger partial charge in [0.1, 0.15) is 5.70 Å². The van der Waals surface area contributed by atoms with Gasteiger partial charge >= 0.3 is 5.97 Å². The van der Waals surface area contributed by atoms with E-state index in [0.29, 0.717) is 18.8 Å². The van der Waals surface area contributed by atoms with E-state index in [-0.39, 0.29) is 42.8 Å². The molecule has 1 aromatic heterocycles. The van der Waals surface area contributed by atoms with Crippen LogP contribution in [0, 0.1) is 0 Å². The van der Waals surface area contributed by atoms with Gasteiger partial charge in [-0.1, -0.05) is 6.07 Å². The zero-order valence-corrected chi connectivity index (χ0v) is 19.1. The van der Waals surface area contributed by atoms with E-state index >= 15 is 0 Å². The predicted molar refractivity (Wildman–Crippen MR) is 125 cm³/mol. The minimum Gasteiger partial charge on any atom is -0.466 e. The molecule has 0 unspecified atom stereocenters. The number of nitrogens with one attached hydrogen (secondary N) is 1. The Kier molecular flexibility index (Phi) is 6.95. The Labute approximate surface area is 195 Å². The van der Waals surface area contributed by atoms with Crippen LogP contribution in [0.3, 0.4) is 0 Å². The predicted octanol–water partition coefficient (Wildman–Crippen LogP) is 1.38. The van der Waals surface area contributed by atoms with Crippen molar-refractivity contribution in [2.75, 3.05) is 63.2 Å². The van der Waals surface area contributed by atoms with E-state index in [4.69, 9.17) is 4.74 Å². The van der Waals surface area contributed by atoms with Crippen LogP contribution in [0.15, 0.2) is 53.0 Å². The molecule has 2 aliphatic rings. The van der Waals surface area contributed by atoms with E-state index in [1.54, 1.807) is 0 Å². The van der Waals surface area contributed by atoms with Crippen molar-refractivity contribution >= 4 is 40.5 Å². The fraction of sp³-hybridized carbons (Fsp3) is 0.348. The van der Waals surface area contributed by atoms with Gasteiger partial charge in [0, 0.05) is 44.1 Å². The van der Waals surface area contributed by atoms with Gasteiger partial charge in [-0.2, -0.15) is 0 Å². The largest absolute Gasteiger partial charge is 0.466 e. The SMILES string of the molecule is COC(=O)C1=C(Nc2ccc(N3CCN(C(=O)c4cccs4)CC3)cc2)C(=O)N(CCO)C1. The Hall–Kier alpha value is -3.37. The molecule has 4 rings (SSSR count). The van der Waals surface area contributed by atoms with Crippen LogP contribution in [0.2, 0.25) is 0 Å². The summed E-state index contributed by atoms with van der Waals surface area (Å²) >= 11 is 1.46. The fourth-order valence-corrected chi connectivity index (χ4v) is 4.66. The van der Waals surface area contributed by atoms with Crippen LogP contribution >= 0.6 is 11.3 Å². The van der Waals surface area contributed by atoms with E-state index in [2.05, 4.69) is 10.2 Å². The molecule has 0 radical (unpaired) electrons. The number of rotatable bonds is 7. The smallest absolute Gasteiger partial charge is 0.337 e. The van der Waals surface area contributed by atoms with Crippen molar-refractivity contribution in [2.45, 2.75) is 0 Å². The van der Waals surface area contributed by atoms with Gasteiger partial charge in [0.05, 0.1) is 30.7 Å². The summed E-state index contributed by atoms with van der Waals surface area (Å²) in [5, 5.41) is 14.1. The third-order valence-electron chi connectivity index (χ3n) is 5.75. The van der Waals surface area contributed by atoms with Gasteiger partial charge < -0.3 is 29.9 Å². The molecule has 10 heteroatoms. The molecule has 9 nitrogen and oxygen atoms in total. The lowest BCUT2D eigenvalue weighted by Crippen LogP contribution is -2.48. The third kappa shape index (κ3) is 4.86. The number of nitrogens with zero attached hydrogens (tertiary/aromatic N) is 3.